The third-order valence-electron chi connectivity index (χ3n) is 6.03. The summed E-state index contributed by atoms with van der Waals surface area (Å²) in [6.07, 6.45) is -3.02. The SMILES string of the molecule is CC(C[C@@]1(C)[C@H](O)CCN1c1ccc(C#N)c(C(F)(F)F)c1)c1ccc(C(N)=O)nc1. The summed E-state index contributed by atoms with van der Waals surface area (Å²) in [6.45, 7) is 4.12. The fourth-order valence-electron chi connectivity index (χ4n) is 4.28. The van der Waals surface area contributed by atoms with E-state index in [9.17, 15) is 23.1 Å². The highest BCUT2D eigenvalue weighted by Crippen LogP contribution is 2.42. The Morgan fingerprint density at radius 2 is 2.13 bits per heavy atom. The van der Waals surface area contributed by atoms with Crippen LogP contribution in [0.4, 0.5) is 18.9 Å². The standard InChI is InChI=1S/C22H23F3N4O2/c1-13(15-4-6-18(20(27)31)28-12-15)10-21(2)19(30)7-8-29(21)16-5-3-14(11-26)17(9-16)22(23,24)25/h3-6,9,12-13,19,30H,7-8,10H2,1-2H3,(H2,27,31)/t13?,19-,21+/m1/s1. The highest BCUT2D eigenvalue weighted by Gasteiger charge is 2.46. The van der Waals surface area contributed by atoms with E-state index in [2.05, 4.69) is 4.98 Å². The summed E-state index contributed by atoms with van der Waals surface area (Å²) in [7, 11) is 0. The van der Waals surface area contributed by atoms with Crippen LogP contribution in [0.5, 0.6) is 0 Å². The number of carbonyl (C=O) groups excluding carboxylic acids is 1. The van der Waals surface area contributed by atoms with Crippen molar-refractivity contribution in [2.45, 2.75) is 50.4 Å². The van der Waals surface area contributed by atoms with Gasteiger partial charge in [0.1, 0.15) is 5.69 Å². The number of aliphatic hydroxyl groups is 1. The summed E-state index contributed by atoms with van der Waals surface area (Å²) in [5, 5.41) is 19.8. The molecule has 1 aromatic heterocycles. The lowest BCUT2D eigenvalue weighted by molar-refractivity contribution is -0.137. The van der Waals surface area contributed by atoms with E-state index in [1.54, 1.807) is 23.2 Å². The Morgan fingerprint density at radius 3 is 2.68 bits per heavy atom. The molecule has 1 unspecified atom stereocenters. The first-order chi connectivity index (χ1) is 14.5. The second-order valence-corrected chi connectivity index (χ2v) is 8.10. The number of anilines is 1. The van der Waals surface area contributed by atoms with Gasteiger partial charge in [-0.1, -0.05) is 13.0 Å². The van der Waals surface area contributed by atoms with E-state index in [1.807, 2.05) is 13.8 Å². The molecule has 1 amide bonds. The molecule has 164 valence electrons. The van der Waals surface area contributed by atoms with E-state index in [4.69, 9.17) is 11.0 Å². The maximum atomic E-state index is 13.4. The van der Waals surface area contributed by atoms with Gasteiger partial charge in [-0.25, -0.2) is 0 Å². The second kappa shape index (κ2) is 8.19. The lowest BCUT2D eigenvalue weighted by Gasteiger charge is -2.41. The molecular weight excluding hydrogens is 409 g/mol. The summed E-state index contributed by atoms with van der Waals surface area (Å²) >= 11 is 0. The number of amides is 1. The Kier molecular flexibility index (Phi) is 5.96. The number of nitrogens with zero attached hydrogens (tertiary/aromatic N) is 3. The quantitative estimate of drug-likeness (QED) is 0.752. The normalized spacial score (nSPS) is 22.2. The molecule has 2 aromatic rings. The molecule has 3 rings (SSSR count). The van der Waals surface area contributed by atoms with Crippen LogP contribution in [0, 0.1) is 11.3 Å². The molecule has 0 aliphatic carbocycles. The Labute approximate surface area is 178 Å². The van der Waals surface area contributed by atoms with Crippen LogP contribution < -0.4 is 10.6 Å². The van der Waals surface area contributed by atoms with E-state index in [0.717, 1.165) is 11.6 Å². The van der Waals surface area contributed by atoms with Crippen LogP contribution in [0.2, 0.25) is 0 Å². The molecule has 3 N–H and O–H groups in total. The number of carbonyl (C=O) groups is 1. The monoisotopic (exact) mass is 432 g/mol. The number of benzene rings is 1. The van der Waals surface area contributed by atoms with Crippen LogP contribution in [-0.4, -0.2) is 34.2 Å². The van der Waals surface area contributed by atoms with Gasteiger partial charge in [0.15, 0.2) is 0 Å². The minimum absolute atomic E-state index is 0.102. The number of primary amides is 1. The lowest BCUT2D eigenvalue weighted by Crippen LogP contribution is -2.49. The zero-order chi connectivity index (χ0) is 23.0. The van der Waals surface area contributed by atoms with Gasteiger partial charge in [-0.2, -0.15) is 18.4 Å². The first-order valence-corrected chi connectivity index (χ1v) is 9.80. The Balaban J connectivity index is 1.92. The molecule has 0 bridgehead atoms. The average Bonchev–Trinajstić information content (AvgIpc) is 3.01. The van der Waals surface area contributed by atoms with Crippen LogP contribution in [0.15, 0.2) is 36.5 Å². The topological polar surface area (TPSA) is 103 Å². The minimum Gasteiger partial charge on any atom is -0.391 e. The highest BCUT2D eigenvalue weighted by molar-refractivity contribution is 5.90. The van der Waals surface area contributed by atoms with Gasteiger partial charge >= 0.3 is 6.18 Å². The maximum absolute atomic E-state index is 13.4. The van der Waals surface area contributed by atoms with Gasteiger partial charge in [0.05, 0.1) is 28.8 Å². The lowest BCUT2D eigenvalue weighted by atomic mass is 9.82. The van der Waals surface area contributed by atoms with Crippen LogP contribution in [0.25, 0.3) is 0 Å². The van der Waals surface area contributed by atoms with Crippen molar-refractivity contribution in [3.8, 4) is 6.07 Å². The number of alkyl halides is 3. The van der Waals surface area contributed by atoms with Crippen LogP contribution >= 0.6 is 0 Å². The Bertz CT molecular complexity index is 1020. The number of hydrogen-bond donors (Lipinski definition) is 2. The molecule has 1 aliphatic rings. The number of nitrogens with two attached hydrogens (primary N) is 1. The molecule has 0 saturated carbocycles. The summed E-state index contributed by atoms with van der Waals surface area (Å²) in [5.41, 5.74) is 4.22. The van der Waals surface area contributed by atoms with Crippen LogP contribution in [0.1, 0.15) is 59.8 Å². The summed E-state index contributed by atoms with van der Waals surface area (Å²) in [6, 6.07) is 8.47. The predicted molar refractivity (Wildman–Crippen MR) is 108 cm³/mol. The van der Waals surface area contributed by atoms with Gasteiger partial charge in [-0.3, -0.25) is 9.78 Å². The smallest absolute Gasteiger partial charge is 0.391 e. The van der Waals surface area contributed by atoms with Crippen molar-refractivity contribution in [2.24, 2.45) is 5.73 Å². The van der Waals surface area contributed by atoms with Crippen LogP contribution in [-0.2, 0) is 6.18 Å². The summed E-state index contributed by atoms with van der Waals surface area (Å²) < 4.78 is 40.3. The zero-order valence-corrected chi connectivity index (χ0v) is 17.1. The van der Waals surface area contributed by atoms with Gasteiger partial charge in [0, 0.05) is 18.4 Å². The number of rotatable bonds is 5. The largest absolute Gasteiger partial charge is 0.417 e. The van der Waals surface area contributed by atoms with Gasteiger partial charge in [0.25, 0.3) is 5.91 Å². The molecule has 1 saturated heterocycles. The number of hydrogen-bond acceptors (Lipinski definition) is 5. The number of aromatic nitrogens is 1. The average molecular weight is 432 g/mol. The molecule has 31 heavy (non-hydrogen) atoms. The molecule has 2 heterocycles. The van der Waals surface area contributed by atoms with Gasteiger partial charge in [-0.15, -0.1) is 0 Å². The minimum atomic E-state index is -4.66. The Morgan fingerprint density at radius 1 is 1.42 bits per heavy atom. The number of aliphatic hydroxyl groups excluding tert-OH is 1. The van der Waals surface area contributed by atoms with E-state index in [1.165, 1.54) is 18.2 Å². The van der Waals surface area contributed by atoms with Crippen molar-refractivity contribution in [3.63, 3.8) is 0 Å². The third-order valence-corrected chi connectivity index (χ3v) is 6.03. The third kappa shape index (κ3) is 4.35. The van der Waals surface area contributed by atoms with Gasteiger partial charge in [0.2, 0.25) is 0 Å². The van der Waals surface area contributed by atoms with Gasteiger partial charge in [-0.05, 0) is 55.5 Å². The molecule has 0 radical (unpaired) electrons. The number of nitriles is 1. The van der Waals surface area contributed by atoms with Crippen molar-refractivity contribution in [2.75, 3.05) is 11.4 Å². The van der Waals surface area contributed by atoms with Crippen molar-refractivity contribution in [1.29, 1.82) is 5.26 Å². The molecule has 9 heteroatoms. The fraction of sp³-hybridized carbons (Fsp3) is 0.409. The van der Waals surface area contributed by atoms with Gasteiger partial charge < -0.3 is 15.7 Å². The Hall–Kier alpha value is -3.12. The maximum Gasteiger partial charge on any atom is 0.417 e. The van der Waals surface area contributed by atoms with E-state index in [0.29, 0.717) is 25.1 Å². The molecule has 3 atom stereocenters. The first-order valence-electron chi connectivity index (χ1n) is 9.80. The highest BCUT2D eigenvalue weighted by atomic mass is 19.4. The molecule has 0 spiro atoms. The number of halogens is 3. The summed E-state index contributed by atoms with van der Waals surface area (Å²) in [4.78, 5) is 17.0. The van der Waals surface area contributed by atoms with E-state index >= 15 is 0 Å². The first kappa shape index (κ1) is 22.6. The zero-order valence-electron chi connectivity index (χ0n) is 17.1. The van der Waals surface area contributed by atoms with E-state index in [-0.39, 0.29) is 11.6 Å². The van der Waals surface area contributed by atoms with Crippen molar-refractivity contribution < 1.29 is 23.1 Å². The molecule has 1 aromatic carbocycles. The number of pyridine rings is 1. The molecule has 1 fully saturated rings. The second-order valence-electron chi connectivity index (χ2n) is 8.10. The predicted octanol–water partition coefficient (Wildman–Crippen LogP) is 3.59. The van der Waals surface area contributed by atoms with E-state index < -0.39 is 34.9 Å². The molecule has 6 nitrogen and oxygen atoms in total. The molecular formula is C22H23F3N4O2. The van der Waals surface area contributed by atoms with Crippen LogP contribution in [0.3, 0.4) is 0 Å². The fourth-order valence-corrected chi connectivity index (χ4v) is 4.28. The molecule has 1 aliphatic heterocycles. The summed E-state index contributed by atoms with van der Waals surface area (Å²) in [5.74, 6) is -0.736. The van der Waals surface area contributed by atoms with Crippen molar-refractivity contribution >= 4 is 11.6 Å². The van der Waals surface area contributed by atoms with Crippen molar-refractivity contribution in [3.05, 3.63) is 58.9 Å². The van der Waals surface area contributed by atoms with Crippen molar-refractivity contribution in [1.82, 2.24) is 4.98 Å².